The summed E-state index contributed by atoms with van der Waals surface area (Å²) in [5.74, 6) is 0. The molecule has 1 heterocycles. The molecule has 0 aromatic heterocycles. The fourth-order valence-corrected chi connectivity index (χ4v) is 1.57. The van der Waals surface area contributed by atoms with Crippen LogP contribution >= 0.6 is 0 Å². The lowest BCUT2D eigenvalue weighted by molar-refractivity contribution is -0.131. The average molecular weight is 187 g/mol. The molecule has 0 saturated carbocycles. The van der Waals surface area contributed by atoms with Gasteiger partial charge in [0.2, 0.25) is 0 Å². The molecule has 0 spiro atoms. The van der Waals surface area contributed by atoms with Crippen molar-refractivity contribution in [1.82, 2.24) is 4.90 Å². The first-order valence-electron chi connectivity index (χ1n) is 4.99. The molecular formula is C10H21NO2. The Kier molecular flexibility index (Phi) is 3.33. The zero-order chi connectivity index (χ0) is 10.1. The molecule has 3 nitrogen and oxygen atoms in total. The third kappa shape index (κ3) is 2.93. The third-order valence-corrected chi connectivity index (χ3v) is 2.62. The SMILES string of the molecule is CC(C)N1CCOC(C(C)(C)O)C1. The van der Waals surface area contributed by atoms with E-state index < -0.39 is 5.60 Å². The van der Waals surface area contributed by atoms with E-state index in [4.69, 9.17) is 4.74 Å². The Bertz CT molecular complexity index is 163. The predicted molar refractivity (Wildman–Crippen MR) is 52.7 cm³/mol. The molecule has 3 heteroatoms. The Morgan fingerprint density at radius 2 is 2.08 bits per heavy atom. The highest BCUT2D eigenvalue weighted by Gasteiger charge is 2.32. The molecular weight excluding hydrogens is 166 g/mol. The number of morpholine rings is 1. The van der Waals surface area contributed by atoms with Gasteiger partial charge in [-0.1, -0.05) is 0 Å². The summed E-state index contributed by atoms with van der Waals surface area (Å²) in [7, 11) is 0. The monoisotopic (exact) mass is 187 g/mol. The molecule has 0 aliphatic carbocycles. The summed E-state index contributed by atoms with van der Waals surface area (Å²) in [6.07, 6.45) is -0.0522. The highest BCUT2D eigenvalue weighted by Crippen LogP contribution is 2.18. The van der Waals surface area contributed by atoms with Crippen LogP contribution in [0.25, 0.3) is 0 Å². The zero-order valence-electron chi connectivity index (χ0n) is 9.08. The van der Waals surface area contributed by atoms with Crippen molar-refractivity contribution >= 4 is 0 Å². The van der Waals surface area contributed by atoms with Crippen LogP contribution in [0.2, 0.25) is 0 Å². The Hall–Kier alpha value is -0.120. The largest absolute Gasteiger partial charge is 0.388 e. The second kappa shape index (κ2) is 3.95. The van der Waals surface area contributed by atoms with E-state index in [1.165, 1.54) is 0 Å². The van der Waals surface area contributed by atoms with Crippen molar-refractivity contribution < 1.29 is 9.84 Å². The summed E-state index contributed by atoms with van der Waals surface area (Å²) in [4.78, 5) is 2.34. The van der Waals surface area contributed by atoms with Gasteiger partial charge >= 0.3 is 0 Å². The van der Waals surface area contributed by atoms with Crippen molar-refractivity contribution in [2.75, 3.05) is 19.7 Å². The van der Waals surface area contributed by atoms with Crippen LogP contribution < -0.4 is 0 Å². The van der Waals surface area contributed by atoms with Crippen LogP contribution in [0.15, 0.2) is 0 Å². The first kappa shape index (κ1) is 11.0. The highest BCUT2D eigenvalue weighted by atomic mass is 16.5. The molecule has 1 fully saturated rings. The van der Waals surface area contributed by atoms with E-state index in [9.17, 15) is 5.11 Å². The first-order valence-corrected chi connectivity index (χ1v) is 4.99. The van der Waals surface area contributed by atoms with Gasteiger partial charge in [0.05, 0.1) is 18.3 Å². The number of aliphatic hydroxyl groups is 1. The number of rotatable bonds is 2. The van der Waals surface area contributed by atoms with Crippen molar-refractivity contribution in [3.05, 3.63) is 0 Å². The molecule has 1 atom stereocenters. The van der Waals surface area contributed by atoms with Crippen molar-refractivity contribution in [2.24, 2.45) is 0 Å². The van der Waals surface area contributed by atoms with E-state index in [0.717, 1.165) is 19.7 Å². The van der Waals surface area contributed by atoms with E-state index in [1.54, 1.807) is 0 Å². The van der Waals surface area contributed by atoms with Crippen LogP contribution in [0.4, 0.5) is 0 Å². The lowest BCUT2D eigenvalue weighted by Gasteiger charge is -2.40. The first-order chi connectivity index (χ1) is 5.91. The van der Waals surface area contributed by atoms with Crippen LogP contribution in [0, 0.1) is 0 Å². The Morgan fingerprint density at radius 1 is 1.46 bits per heavy atom. The normalized spacial score (nSPS) is 26.8. The molecule has 0 bridgehead atoms. The maximum Gasteiger partial charge on any atom is 0.0983 e. The zero-order valence-corrected chi connectivity index (χ0v) is 9.08. The Labute approximate surface area is 80.7 Å². The van der Waals surface area contributed by atoms with Crippen LogP contribution in [0.5, 0.6) is 0 Å². The second-order valence-corrected chi connectivity index (χ2v) is 4.60. The van der Waals surface area contributed by atoms with Gasteiger partial charge in [0.15, 0.2) is 0 Å². The third-order valence-electron chi connectivity index (χ3n) is 2.62. The smallest absolute Gasteiger partial charge is 0.0983 e. The number of ether oxygens (including phenoxy) is 1. The lowest BCUT2D eigenvalue weighted by Crippen LogP contribution is -2.53. The van der Waals surface area contributed by atoms with Gasteiger partial charge in [0, 0.05) is 19.1 Å². The van der Waals surface area contributed by atoms with Crippen molar-refractivity contribution in [3.63, 3.8) is 0 Å². The summed E-state index contributed by atoms with van der Waals surface area (Å²) >= 11 is 0. The van der Waals surface area contributed by atoms with Crippen molar-refractivity contribution in [1.29, 1.82) is 0 Å². The van der Waals surface area contributed by atoms with E-state index in [1.807, 2.05) is 13.8 Å². The Morgan fingerprint density at radius 3 is 2.54 bits per heavy atom. The molecule has 1 rings (SSSR count). The molecule has 1 unspecified atom stereocenters. The summed E-state index contributed by atoms with van der Waals surface area (Å²) in [6.45, 7) is 10.5. The lowest BCUT2D eigenvalue weighted by atomic mass is 10.00. The molecule has 78 valence electrons. The minimum Gasteiger partial charge on any atom is -0.388 e. The van der Waals surface area contributed by atoms with Gasteiger partial charge in [-0.2, -0.15) is 0 Å². The van der Waals surface area contributed by atoms with Gasteiger partial charge < -0.3 is 9.84 Å². The van der Waals surface area contributed by atoms with Crippen molar-refractivity contribution in [2.45, 2.75) is 45.4 Å². The van der Waals surface area contributed by atoms with Crippen molar-refractivity contribution in [3.8, 4) is 0 Å². The van der Waals surface area contributed by atoms with E-state index in [-0.39, 0.29) is 6.10 Å². The average Bonchev–Trinajstić information content (AvgIpc) is 2.03. The topological polar surface area (TPSA) is 32.7 Å². The quantitative estimate of drug-likeness (QED) is 0.696. The van der Waals surface area contributed by atoms with Crippen LogP contribution in [-0.4, -0.2) is 47.4 Å². The molecule has 0 aromatic carbocycles. The van der Waals surface area contributed by atoms with Crippen LogP contribution in [0.1, 0.15) is 27.7 Å². The second-order valence-electron chi connectivity index (χ2n) is 4.60. The van der Waals surface area contributed by atoms with Gasteiger partial charge in [-0.25, -0.2) is 0 Å². The van der Waals surface area contributed by atoms with Crippen LogP contribution in [0.3, 0.4) is 0 Å². The summed E-state index contributed by atoms with van der Waals surface area (Å²) in [5.41, 5.74) is -0.729. The van der Waals surface area contributed by atoms with Gasteiger partial charge in [0.25, 0.3) is 0 Å². The summed E-state index contributed by atoms with van der Waals surface area (Å²) in [5, 5.41) is 9.79. The fourth-order valence-electron chi connectivity index (χ4n) is 1.57. The highest BCUT2D eigenvalue weighted by molar-refractivity contribution is 4.85. The number of hydrogen-bond acceptors (Lipinski definition) is 3. The predicted octanol–water partition coefficient (Wildman–Crippen LogP) is 0.866. The molecule has 1 aliphatic rings. The van der Waals surface area contributed by atoms with E-state index >= 15 is 0 Å². The minimum absolute atomic E-state index is 0.0522. The molecule has 1 N–H and O–H groups in total. The fraction of sp³-hybridized carbons (Fsp3) is 1.00. The molecule has 0 aromatic rings. The van der Waals surface area contributed by atoms with Crippen LogP contribution in [-0.2, 0) is 4.74 Å². The number of nitrogens with zero attached hydrogens (tertiary/aromatic N) is 1. The Balaban J connectivity index is 2.52. The molecule has 1 saturated heterocycles. The van der Waals surface area contributed by atoms with Gasteiger partial charge in [-0.3, -0.25) is 4.90 Å². The maximum absolute atomic E-state index is 9.79. The van der Waals surface area contributed by atoms with Gasteiger partial charge in [0.1, 0.15) is 0 Å². The van der Waals surface area contributed by atoms with Gasteiger partial charge in [-0.05, 0) is 27.7 Å². The van der Waals surface area contributed by atoms with E-state index in [2.05, 4.69) is 18.7 Å². The molecule has 0 radical (unpaired) electrons. The molecule has 13 heavy (non-hydrogen) atoms. The standard InChI is InChI=1S/C10H21NO2/c1-8(2)11-5-6-13-9(7-11)10(3,4)12/h8-9,12H,5-7H2,1-4H3. The maximum atomic E-state index is 9.79. The molecule has 0 amide bonds. The summed E-state index contributed by atoms with van der Waals surface area (Å²) < 4.78 is 5.53. The molecule has 1 aliphatic heterocycles. The minimum atomic E-state index is -0.729. The van der Waals surface area contributed by atoms with E-state index in [0.29, 0.717) is 6.04 Å². The van der Waals surface area contributed by atoms with Gasteiger partial charge in [-0.15, -0.1) is 0 Å². The number of hydrogen-bond donors (Lipinski definition) is 1. The summed E-state index contributed by atoms with van der Waals surface area (Å²) in [6, 6.07) is 0.536.